The number of benzene rings is 1. The first-order valence-electron chi connectivity index (χ1n) is 6.43. The average molecular weight is 419 g/mol. The summed E-state index contributed by atoms with van der Waals surface area (Å²) in [6.45, 7) is 2.37. The molecule has 0 saturated carbocycles. The quantitative estimate of drug-likeness (QED) is 0.478. The molecular weight excluding hydrogens is 406 g/mol. The second-order valence-electron chi connectivity index (χ2n) is 4.88. The van der Waals surface area contributed by atoms with E-state index < -0.39 is 0 Å². The molecule has 1 unspecified atom stereocenters. The summed E-state index contributed by atoms with van der Waals surface area (Å²) in [6.07, 6.45) is 3.61. The van der Waals surface area contributed by atoms with Crippen molar-refractivity contribution in [3.8, 4) is 0 Å². The van der Waals surface area contributed by atoms with Crippen LogP contribution >= 0.6 is 34.2 Å². The third-order valence-corrected chi connectivity index (χ3v) is 4.42. The fourth-order valence-corrected chi connectivity index (χ4v) is 2.92. The van der Waals surface area contributed by atoms with Crippen LogP contribution in [0.1, 0.15) is 23.9 Å². The van der Waals surface area contributed by atoms with E-state index in [0.29, 0.717) is 10.1 Å². The molecule has 1 atom stereocenters. The maximum atomic E-state index is 13.9. The van der Waals surface area contributed by atoms with Gasteiger partial charge in [0.1, 0.15) is 17.5 Å². The smallest absolute Gasteiger partial charge is 0.138 e. The minimum absolute atomic E-state index is 0.252. The van der Waals surface area contributed by atoms with Gasteiger partial charge in [0.15, 0.2) is 0 Å². The first-order chi connectivity index (χ1) is 9.97. The molecule has 4 nitrogen and oxygen atoms in total. The highest BCUT2D eigenvalue weighted by Crippen LogP contribution is 2.27. The Kier molecular flexibility index (Phi) is 3.92. The number of nitrogens with zero attached hydrogens (tertiary/aromatic N) is 4. The predicted molar refractivity (Wildman–Crippen MR) is 89.0 cm³/mol. The molecule has 2 heterocycles. The molecule has 0 bridgehead atoms. The van der Waals surface area contributed by atoms with Crippen molar-refractivity contribution in [3.05, 3.63) is 45.6 Å². The zero-order valence-corrected chi connectivity index (χ0v) is 14.4. The number of imidazole rings is 2. The van der Waals surface area contributed by atoms with E-state index >= 15 is 0 Å². The second kappa shape index (κ2) is 5.57. The summed E-state index contributed by atoms with van der Waals surface area (Å²) in [5, 5.41) is -0.265. The van der Waals surface area contributed by atoms with Crippen LogP contribution in [0.15, 0.2) is 24.5 Å². The van der Waals surface area contributed by atoms with Gasteiger partial charge in [-0.15, -0.1) is 11.6 Å². The minimum atomic E-state index is -0.265. The maximum Gasteiger partial charge on any atom is 0.138 e. The van der Waals surface area contributed by atoms with Crippen LogP contribution in [0, 0.1) is 9.39 Å². The molecule has 7 heteroatoms. The Balaban J connectivity index is 2.20. The van der Waals surface area contributed by atoms with Gasteiger partial charge in [-0.3, -0.25) is 0 Å². The lowest BCUT2D eigenvalue weighted by molar-refractivity contribution is 0.619. The topological polar surface area (TPSA) is 35.6 Å². The van der Waals surface area contributed by atoms with Gasteiger partial charge >= 0.3 is 0 Å². The van der Waals surface area contributed by atoms with Gasteiger partial charge in [0.05, 0.1) is 26.5 Å². The number of halogens is 3. The van der Waals surface area contributed by atoms with E-state index in [4.69, 9.17) is 11.6 Å². The van der Waals surface area contributed by atoms with E-state index in [9.17, 15) is 4.39 Å². The molecule has 110 valence electrons. The van der Waals surface area contributed by atoms with Crippen LogP contribution < -0.4 is 0 Å². The Morgan fingerprint density at radius 2 is 2.19 bits per heavy atom. The third-order valence-electron chi connectivity index (χ3n) is 3.40. The molecular formula is C14H13ClFIN4. The molecule has 0 aliphatic rings. The predicted octanol–water partition coefficient (Wildman–Crippen LogP) is 3.86. The fraction of sp³-hybridized carbons (Fsp3) is 0.286. The highest BCUT2D eigenvalue weighted by Gasteiger charge is 2.18. The van der Waals surface area contributed by atoms with Crippen molar-refractivity contribution >= 4 is 45.2 Å². The summed E-state index contributed by atoms with van der Waals surface area (Å²) >= 11 is 8.20. The van der Waals surface area contributed by atoms with Crippen LogP contribution in [0.2, 0.25) is 0 Å². The van der Waals surface area contributed by atoms with Crippen molar-refractivity contribution in [1.82, 2.24) is 19.1 Å². The Bertz CT molecular complexity index is 809. The molecule has 0 N–H and O–H groups in total. The van der Waals surface area contributed by atoms with Crippen LogP contribution in [0.25, 0.3) is 11.0 Å². The molecule has 0 aliphatic heterocycles. The summed E-state index contributed by atoms with van der Waals surface area (Å²) in [6, 6.07) is 3.25. The number of aromatic nitrogens is 4. The summed E-state index contributed by atoms with van der Waals surface area (Å²) in [5.74, 6) is 1.33. The summed E-state index contributed by atoms with van der Waals surface area (Å²) in [4.78, 5) is 8.86. The normalized spacial score (nSPS) is 13.0. The summed E-state index contributed by atoms with van der Waals surface area (Å²) < 4.78 is 18.3. The molecule has 0 saturated heterocycles. The van der Waals surface area contributed by atoms with Crippen molar-refractivity contribution in [2.45, 2.75) is 18.8 Å². The molecule has 0 amide bonds. The van der Waals surface area contributed by atoms with Crippen LogP contribution in [-0.4, -0.2) is 19.1 Å². The Morgan fingerprint density at radius 1 is 1.43 bits per heavy atom. The zero-order valence-electron chi connectivity index (χ0n) is 11.5. The lowest BCUT2D eigenvalue weighted by Crippen LogP contribution is -2.09. The van der Waals surface area contributed by atoms with E-state index in [-0.39, 0.29) is 11.2 Å². The fourth-order valence-electron chi connectivity index (χ4n) is 2.30. The molecule has 3 aromatic rings. The lowest BCUT2D eigenvalue weighted by Gasteiger charge is -2.10. The number of rotatable bonds is 3. The Morgan fingerprint density at radius 3 is 2.81 bits per heavy atom. The monoisotopic (exact) mass is 418 g/mol. The van der Waals surface area contributed by atoms with Gasteiger partial charge in [0, 0.05) is 25.5 Å². The van der Waals surface area contributed by atoms with Crippen molar-refractivity contribution in [3.63, 3.8) is 0 Å². The van der Waals surface area contributed by atoms with Crippen molar-refractivity contribution in [2.75, 3.05) is 0 Å². The molecule has 1 aromatic carbocycles. The summed E-state index contributed by atoms with van der Waals surface area (Å²) in [7, 11) is 1.93. The van der Waals surface area contributed by atoms with Crippen LogP contribution in [0.3, 0.4) is 0 Å². The Labute approximate surface area is 140 Å². The number of hydrogen-bond donors (Lipinski definition) is 0. The van der Waals surface area contributed by atoms with Crippen molar-refractivity contribution in [1.29, 1.82) is 0 Å². The Hall–Kier alpha value is -1.15. The summed E-state index contributed by atoms with van der Waals surface area (Å²) in [5.41, 5.74) is 1.48. The van der Waals surface area contributed by atoms with Gasteiger partial charge in [-0.25, -0.2) is 14.4 Å². The molecule has 21 heavy (non-hydrogen) atoms. The first-order valence-corrected chi connectivity index (χ1v) is 7.94. The van der Waals surface area contributed by atoms with Crippen molar-refractivity contribution < 1.29 is 4.39 Å². The lowest BCUT2D eigenvalue weighted by atomic mass is 10.3. The van der Waals surface area contributed by atoms with Gasteiger partial charge in [-0.1, -0.05) is 0 Å². The molecule has 0 spiro atoms. The minimum Gasteiger partial charge on any atom is -0.337 e. The average Bonchev–Trinajstić information content (AvgIpc) is 2.97. The van der Waals surface area contributed by atoms with E-state index in [1.165, 1.54) is 6.07 Å². The van der Waals surface area contributed by atoms with Gasteiger partial charge in [-0.05, 0) is 35.6 Å². The van der Waals surface area contributed by atoms with E-state index in [2.05, 4.69) is 9.97 Å². The molecule has 2 aromatic heterocycles. The standard InChI is InChI=1S/C14H13ClFIN4/c1-8(15)14-19-11-6-10(17)9(16)5-12(11)21(14)7-13-18-3-4-20(13)2/h3-6,8H,7H2,1-2H3. The largest absolute Gasteiger partial charge is 0.337 e. The SMILES string of the molecule is CC(Cl)c1nc2cc(I)c(F)cc2n1Cc1nccn1C. The zero-order chi connectivity index (χ0) is 15.1. The van der Waals surface area contributed by atoms with Crippen LogP contribution in [-0.2, 0) is 13.6 Å². The highest BCUT2D eigenvalue weighted by atomic mass is 127. The van der Waals surface area contributed by atoms with Gasteiger partial charge in [0.25, 0.3) is 0 Å². The molecule has 3 rings (SSSR count). The molecule has 0 fully saturated rings. The van der Waals surface area contributed by atoms with Gasteiger partial charge in [0.2, 0.25) is 0 Å². The van der Waals surface area contributed by atoms with Crippen LogP contribution in [0.4, 0.5) is 4.39 Å². The number of alkyl halides is 1. The molecule has 0 radical (unpaired) electrons. The van der Waals surface area contributed by atoms with Gasteiger partial charge in [-0.2, -0.15) is 0 Å². The third kappa shape index (κ3) is 2.66. The van der Waals surface area contributed by atoms with E-state index in [1.807, 2.05) is 51.9 Å². The van der Waals surface area contributed by atoms with Crippen molar-refractivity contribution in [2.24, 2.45) is 7.05 Å². The van der Waals surface area contributed by atoms with E-state index in [1.54, 1.807) is 12.3 Å². The maximum absolute atomic E-state index is 13.9. The number of aryl methyl sites for hydroxylation is 1. The second-order valence-corrected chi connectivity index (χ2v) is 6.70. The first kappa shape index (κ1) is 14.8. The van der Waals surface area contributed by atoms with E-state index in [0.717, 1.165) is 22.7 Å². The highest BCUT2D eigenvalue weighted by molar-refractivity contribution is 14.1. The van der Waals surface area contributed by atoms with Crippen LogP contribution in [0.5, 0.6) is 0 Å². The number of fused-ring (bicyclic) bond motifs is 1. The molecule has 0 aliphatic carbocycles. The number of hydrogen-bond acceptors (Lipinski definition) is 2. The van der Waals surface area contributed by atoms with Gasteiger partial charge < -0.3 is 9.13 Å².